The Morgan fingerprint density at radius 2 is 1.90 bits per heavy atom. The van der Waals surface area contributed by atoms with Crippen molar-refractivity contribution < 1.29 is 18.3 Å². The summed E-state index contributed by atoms with van der Waals surface area (Å²) in [4.78, 5) is 0.213. The number of methoxy groups -OCH3 is 1. The van der Waals surface area contributed by atoms with Gasteiger partial charge in [-0.15, -0.1) is 0 Å². The molecule has 5 nitrogen and oxygen atoms in total. The molecule has 0 heterocycles. The van der Waals surface area contributed by atoms with Gasteiger partial charge in [0.1, 0.15) is 0 Å². The van der Waals surface area contributed by atoms with Crippen molar-refractivity contribution in [3.8, 4) is 0 Å². The quantitative estimate of drug-likeness (QED) is 0.727. The van der Waals surface area contributed by atoms with Crippen LogP contribution < -0.4 is 4.72 Å². The van der Waals surface area contributed by atoms with E-state index >= 15 is 0 Å². The van der Waals surface area contributed by atoms with Crippen LogP contribution >= 0.6 is 0 Å². The molecule has 1 aromatic rings. The Balaban J connectivity index is 2.68. The summed E-state index contributed by atoms with van der Waals surface area (Å²) in [5.74, 6) is 0. The molecule has 1 unspecified atom stereocenters. The Labute approximate surface area is 127 Å². The molecule has 1 rings (SSSR count). The summed E-state index contributed by atoms with van der Waals surface area (Å²) >= 11 is 0. The largest absolute Gasteiger partial charge is 0.389 e. The zero-order valence-electron chi connectivity index (χ0n) is 12.9. The first kappa shape index (κ1) is 18.1. The predicted octanol–water partition coefficient (Wildman–Crippen LogP) is 1.70. The third-order valence-electron chi connectivity index (χ3n) is 3.26. The maximum Gasteiger partial charge on any atom is 0.240 e. The van der Waals surface area contributed by atoms with Crippen LogP contribution in [0.2, 0.25) is 0 Å². The van der Waals surface area contributed by atoms with Crippen molar-refractivity contribution in [2.24, 2.45) is 0 Å². The fourth-order valence-electron chi connectivity index (χ4n) is 1.87. The van der Waals surface area contributed by atoms with E-state index in [9.17, 15) is 13.5 Å². The molecule has 0 saturated heterocycles. The van der Waals surface area contributed by atoms with E-state index in [-0.39, 0.29) is 11.4 Å². The number of hydrogen-bond donors (Lipinski definition) is 2. The number of benzene rings is 1. The molecule has 21 heavy (non-hydrogen) atoms. The monoisotopic (exact) mass is 315 g/mol. The van der Waals surface area contributed by atoms with Crippen LogP contribution in [0.3, 0.4) is 0 Å². The van der Waals surface area contributed by atoms with Crippen molar-refractivity contribution in [3.05, 3.63) is 29.8 Å². The van der Waals surface area contributed by atoms with Gasteiger partial charge in [0.15, 0.2) is 0 Å². The number of ether oxygens (including phenoxy) is 1. The molecular weight excluding hydrogens is 290 g/mol. The normalized spacial score (nSPS) is 14.9. The van der Waals surface area contributed by atoms with Crippen LogP contribution in [0.5, 0.6) is 0 Å². The first-order valence-electron chi connectivity index (χ1n) is 7.10. The number of sulfonamides is 1. The van der Waals surface area contributed by atoms with E-state index in [4.69, 9.17) is 4.74 Å². The van der Waals surface area contributed by atoms with Crippen molar-refractivity contribution in [1.29, 1.82) is 0 Å². The maximum atomic E-state index is 12.2. The maximum absolute atomic E-state index is 12.2. The summed E-state index contributed by atoms with van der Waals surface area (Å²) in [5.41, 5.74) is -0.0193. The lowest BCUT2D eigenvalue weighted by atomic mass is 10.0. The van der Waals surface area contributed by atoms with Gasteiger partial charge in [-0.3, -0.25) is 0 Å². The van der Waals surface area contributed by atoms with Crippen molar-refractivity contribution >= 4 is 10.0 Å². The zero-order chi connectivity index (χ0) is 15.9. The molecule has 0 saturated carbocycles. The van der Waals surface area contributed by atoms with Crippen LogP contribution in [-0.2, 0) is 21.2 Å². The Morgan fingerprint density at radius 1 is 1.29 bits per heavy atom. The van der Waals surface area contributed by atoms with Crippen molar-refractivity contribution in [2.45, 2.75) is 43.6 Å². The summed E-state index contributed by atoms with van der Waals surface area (Å²) in [6.45, 7) is 3.99. The average molecular weight is 315 g/mol. The van der Waals surface area contributed by atoms with Gasteiger partial charge >= 0.3 is 0 Å². The van der Waals surface area contributed by atoms with Gasteiger partial charge in [0.2, 0.25) is 10.0 Å². The molecular formula is C15H25NO4S. The Kier molecular flexibility index (Phi) is 6.80. The predicted molar refractivity (Wildman–Crippen MR) is 82.7 cm³/mol. The van der Waals surface area contributed by atoms with E-state index < -0.39 is 15.6 Å². The highest BCUT2D eigenvalue weighted by Crippen LogP contribution is 2.14. The second kappa shape index (κ2) is 7.89. The Bertz CT molecular complexity index is 523. The summed E-state index contributed by atoms with van der Waals surface area (Å²) in [5, 5.41) is 10.1. The standard InChI is InChI=1S/C15H25NO4S/c1-4-5-13-6-8-14(9-7-13)21(18,19)16-12-15(2,17)10-11-20-3/h6-9,16-17H,4-5,10-12H2,1-3H3. The molecule has 0 aliphatic carbocycles. The van der Waals surface area contributed by atoms with E-state index in [2.05, 4.69) is 11.6 Å². The van der Waals surface area contributed by atoms with E-state index in [0.717, 1.165) is 18.4 Å². The lowest BCUT2D eigenvalue weighted by molar-refractivity contribution is 0.0292. The molecule has 0 bridgehead atoms. The highest BCUT2D eigenvalue weighted by molar-refractivity contribution is 7.89. The molecule has 0 amide bonds. The van der Waals surface area contributed by atoms with Crippen LogP contribution in [0.1, 0.15) is 32.3 Å². The van der Waals surface area contributed by atoms with Gasteiger partial charge in [0, 0.05) is 26.7 Å². The smallest absolute Gasteiger partial charge is 0.240 e. The van der Waals surface area contributed by atoms with Gasteiger partial charge in [-0.1, -0.05) is 25.5 Å². The third-order valence-corrected chi connectivity index (χ3v) is 4.68. The molecule has 0 aliphatic heterocycles. The van der Waals surface area contributed by atoms with Crippen LogP contribution in [0, 0.1) is 0 Å². The minimum absolute atomic E-state index is 0.0462. The molecule has 6 heteroatoms. The van der Waals surface area contributed by atoms with E-state index in [1.165, 1.54) is 7.11 Å². The van der Waals surface area contributed by atoms with Gasteiger partial charge in [-0.25, -0.2) is 13.1 Å². The van der Waals surface area contributed by atoms with Gasteiger partial charge < -0.3 is 9.84 Å². The number of nitrogens with one attached hydrogen (secondary N) is 1. The van der Waals surface area contributed by atoms with Gasteiger partial charge in [0.25, 0.3) is 0 Å². The number of rotatable bonds is 9. The first-order valence-corrected chi connectivity index (χ1v) is 8.59. The number of aliphatic hydroxyl groups is 1. The number of aryl methyl sites for hydroxylation is 1. The molecule has 1 atom stereocenters. The van der Waals surface area contributed by atoms with Gasteiger partial charge in [-0.2, -0.15) is 0 Å². The fraction of sp³-hybridized carbons (Fsp3) is 0.600. The van der Waals surface area contributed by atoms with Gasteiger partial charge in [0.05, 0.1) is 10.5 Å². The van der Waals surface area contributed by atoms with Crippen molar-refractivity contribution in [3.63, 3.8) is 0 Å². The second-order valence-corrected chi connectivity index (χ2v) is 7.23. The molecule has 2 N–H and O–H groups in total. The van der Waals surface area contributed by atoms with E-state index in [0.29, 0.717) is 13.0 Å². The Hall–Kier alpha value is -0.950. The summed E-state index contributed by atoms with van der Waals surface area (Å²) < 4.78 is 31.7. The van der Waals surface area contributed by atoms with Crippen LogP contribution in [0.25, 0.3) is 0 Å². The number of hydrogen-bond acceptors (Lipinski definition) is 4. The van der Waals surface area contributed by atoms with Crippen LogP contribution in [-0.4, -0.2) is 39.4 Å². The summed E-state index contributed by atoms with van der Waals surface area (Å²) in [7, 11) is -2.06. The highest BCUT2D eigenvalue weighted by atomic mass is 32.2. The molecule has 0 aliphatic rings. The molecule has 0 radical (unpaired) electrons. The average Bonchev–Trinajstić information content (AvgIpc) is 2.44. The van der Waals surface area contributed by atoms with Crippen molar-refractivity contribution in [2.75, 3.05) is 20.3 Å². The SMILES string of the molecule is CCCc1ccc(S(=O)(=O)NCC(C)(O)CCOC)cc1. The van der Waals surface area contributed by atoms with E-state index in [1.807, 2.05) is 12.1 Å². The molecule has 1 aromatic carbocycles. The molecule has 0 spiro atoms. The topological polar surface area (TPSA) is 75.6 Å². The van der Waals surface area contributed by atoms with Crippen LogP contribution in [0.15, 0.2) is 29.2 Å². The second-order valence-electron chi connectivity index (χ2n) is 5.46. The molecule has 0 aromatic heterocycles. The lowest BCUT2D eigenvalue weighted by Gasteiger charge is -2.23. The minimum atomic E-state index is -3.60. The fourth-order valence-corrected chi connectivity index (χ4v) is 3.03. The summed E-state index contributed by atoms with van der Waals surface area (Å²) in [6, 6.07) is 6.83. The van der Waals surface area contributed by atoms with Crippen LogP contribution in [0.4, 0.5) is 0 Å². The van der Waals surface area contributed by atoms with Crippen molar-refractivity contribution in [1.82, 2.24) is 4.72 Å². The third kappa shape index (κ3) is 6.13. The minimum Gasteiger partial charge on any atom is -0.389 e. The zero-order valence-corrected chi connectivity index (χ0v) is 13.7. The van der Waals surface area contributed by atoms with Gasteiger partial charge in [-0.05, 0) is 31.0 Å². The Morgan fingerprint density at radius 3 is 2.43 bits per heavy atom. The first-order chi connectivity index (χ1) is 9.80. The summed E-state index contributed by atoms with van der Waals surface area (Å²) in [6.07, 6.45) is 2.31. The lowest BCUT2D eigenvalue weighted by Crippen LogP contribution is -2.41. The molecule has 0 fully saturated rings. The van der Waals surface area contributed by atoms with E-state index in [1.54, 1.807) is 19.1 Å². The highest BCUT2D eigenvalue weighted by Gasteiger charge is 2.23. The molecule has 120 valence electrons.